The maximum absolute atomic E-state index is 5.81. The molecule has 0 radical (unpaired) electrons. The maximum atomic E-state index is 5.81. The molecule has 0 atom stereocenters. The van der Waals surface area contributed by atoms with Crippen LogP contribution in [0.5, 0.6) is 5.75 Å². The Morgan fingerprint density at radius 3 is 2.41 bits per heavy atom. The van der Waals surface area contributed by atoms with Crippen LogP contribution in [0.25, 0.3) is 0 Å². The molecule has 0 unspecified atom stereocenters. The Balaban J connectivity index is 1.99. The van der Waals surface area contributed by atoms with Crippen LogP contribution in [-0.4, -0.2) is 0 Å². The van der Waals surface area contributed by atoms with Gasteiger partial charge >= 0.3 is 0 Å². The zero-order valence-corrected chi connectivity index (χ0v) is 10.7. The second-order valence-corrected chi connectivity index (χ2v) is 4.40. The van der Waals surface area contributed by atoms with Crippen molar-refractivity contribution in [2.24, 2.45) is 0 Å². The van der Waals surface area contributed by atoms with Crippen molar-refractivity contribution in [1.82, 2.24) is 0 Å². The fourth-order valence-corrected chi connectivity index (χ4v) is 1.76. The summed E-state index contributed by atoms with van der Waals surface area (Å²) in [4.78, 5) is 0. The highest BCUT2D eigenvalue weighted by Crippen LogP contribution is 2.17. The van der Waals surface area contributed by atoms with Crippen LogP contribution in [0.1, 0.15) is 11.1 Å². The van der Waals surface area contributed by atoms with Crippen molar-refractivity contribution in [3.8, 4) is 5.75 Å². The van der Waals surface area contributed by atoms with Gasteiger partial charge in [-0.25, -0.2) is 0 Å². The van der Waals surface area contributed by atoms with Gasteiger partial charge in [0.05, 0.1) is 0 Å². The predicted molar refractivity (Wildman–Crippen MR) is 71.8 cm³/mol. The minimum atomic E-state index is 0.498. The highest BCUT2D eigenvalue weighted by Gasteiger charge is 1.97. The number of ether oxygens (including phenoxy) is 1. The number of halogens is 2. The van der Waals surface area contributed by atoms with Gasteiger partial charge < -0.3 is 4.74 Å². The number of alkyl halides is 1. The molecule has 0 fully saturated rings. The molecular formula is C14H12Cl2O. The predicted octanol–water partition coefficient (Wildman–Crippen LogP) is 4.66. The molecule has 1 nitrogen and oxygen atoms in total. The molecule has 88 valence electrons. The van der Waals surface area contributed by atoms with Gasteiger partial charge in [0.2, 0.25) is 0 Å². The van der Waals surface area contributed by atoms with Crippen molar-refractivity contribution in [3.05, 3.63) is 64.7 Å². The average molecular weight is 267 g/mol. The summed E-state index contributed by atoms with van der Waals surface area (Å²) in [6.07, 6.45) is 0. The third-order valence-corrected chi connectivity index (χ3v) is 2.93. The zero-order chi connectivity index (χ0) is 12.1. The Bertz CT molecular complexity index is 480. The SMILES string of the molecule is ClCc1cccc(OCc2ccc(Cl)cc2)c1. The van der Waals surface area contributed by atoms with Crippen LogP contribution in [0, 0.1) is 0 Å². The van der Waals surface area contributed by atoms with Gasteiger partial charge in [0.1, 0.15) is 12.4 Å². The van der Waals surface area contributed by atoms with Gasteiger partial charge in [-0.3, -0.25) is 0 Å². The van der Waals surface area contributed by atoms with Gasteiger partial charge in [-0.1, -0.05) is 35.9 Å². The molecule has 0 heterocycles. The molecule has 3 heteroatoms. The monoisotopic (exact) mass is 266 g/mol. The molecule has 0 amide bonds. The van der Waals surface area contributed by atoms with E-state index in [9.17, 15) is 0 Å². The number of benzene rings is 2. The Kier molecular flexibility index (Phi) is 4.29. The van der Waals surface area contributed by atoms with E-state index in [0.29, 0.717) is 12.5 Å². The molecule has 0 saturated heterocycles. The highest BCUT2D eigenvalue weighted by molar-refractivity contribution is 6.30. The summed E-state index contributed by atoms with van der Waals surface area (Å²) in [5.41, 5.74) is 2.14. The van der Waals surface area contributed by atoms with Crippen molar-refractivity contribution >= 4 is 23.2 Å². The average Bonchev–Trinajstić information content (AvgIpc) is 2.38. The third kappa shape index (κ3) is 3.65. The molecule has 0 N–H and O–H groups in total. The molecule has 0 aliphatic rings. The van der Waals surface area contributed by atoms with Crippen LogP contribution in [0.4, 0.5) is 0 Å². The quantitative estimate of drug-likeness (QED) is 0.732. The second kappa shape index (κ2) is 5.95. The van der Waals surface area contributed by atoms with Crippen LogP contribution < -0.4 is 4.74 Å². The van der Waals surface area contributed by atoms with Crippen molar-refractivity contribution in [2.75, 3.05) is 0 Å². The molecule has 2 aromatic carbocycles. The first-order valence-electron chi connectivity index (χ1n) is 5.30. The summed E-state index contributed by atoms with van der Waals surface area (Å²) >= 11 is 11.6. The van der Waals surface area contributed by atoms with Gasteiger partial charge in [0.25, 0.3) is 0 Å². The normalized spacial score (nSPS) is 10.2. The largest absolute Gasteiger partial charge is 0.489 e. The molecule has 0 saturated carbocycles. The minimum Gasteiger partial charge on any atom is -0.489 e. The molecule has 0 spiro atoms. The van der Waals surface area contributed by atoms with Crippen molar-refractivity contribution < 1.29 is 4.74 Å². The van der Waals surface area contributed by atoms with E-state index in [4.69, 9.17) is 27.9 Å². The third-order valence-electron chi connectivity index (χ3n) is 2.37. The van der Waals surface area contributed by atoms with E-state index in [1.807, 2.05) is 48.5 Å². The van der Waals surface area contributed by atoms with Gasteiger partial charge in [0, 0.05) is 10.9 Å². The van der Waals surface area contributed by atoms with E-state index in [2.05, 4.69) is 0 Å². The van der Waals surface area contributed by atoms with Crippen molar-refractivity contribution in [3.63, 3.8) is 0 Å². The molecule has 0 aliphatic carbocycles. The molecule has 2 aromatic rings. The summed E-state index contributed by atoms with van der Waals surface area (Å²) in [5.74, 6) is 1.33. The van der Waals surface area contributed by atoms with E-state index >= 15 is 0 Å². The lowest BCUT2D eigenvalue weighted by atomic mass is 10.2. The summed E-state index contributed by atoms with van der Waals surface area (Å²) < 4.78 is 5.67. The molecule has 0 aromatic heterocycles. The Labute approximate surface area is 111 Å². The van der Waals surface area contributed by atoms with E-state index < -0.39 is 0 Å². The smallest absolute Gasteiger partial charge is 0.120 e. The standard InChI is InChI=1S/C14H12Cl2O/c15-9-12-2-1-3-14(8-12)17-10-11-4-6-13(16)7-5-11/h1-8H,9-10H2. The first-order valence-corrected chi connectivity index (χ1v) is 6.21. The van der Waals surface area contributed by atoms with Crippen LogP contribution in [0.2, 0.25) is 5.02 Å². The molecule has 0 bridgehead atoms. The number of hydrogen-bond acceptors (Lipinski definition) is 1. The van der Waals surface area contributed by atoms with Gasteiger partial charge in [-0.2, -0.15) is 0 Å². The molecule has 0 aliphatic heterocycles. The molecule has 2 rings (SSSR count). The zero-order valence-electron chi connectivity index (χ0n) is 9.20. The van der Waals surface area contributed by atoms with Crippen LogP contribution in [-0.2, 0) is 12.5 Å². The summed E-state index contributed by atoms with van der Waals surface area (Å²) in [5, 5.41) is 0.734. The first kappa shape index (κ1) is 12.3. The molecular weight excluding hydrogens is 255 g/mol. The number of hydrogen-bond donors (Lipinski definition) is 0. The first-order chi connectivity index (χ1) is 8.28. The highest BCUT2D eigenvalue weighted by atomic mass is 35.5. The number of rotatable bonds is 4. The van der Waals surface area contributed by atoms with Crippen LogP contribution >= 0.6 is 23.2 Å². The minimum absolute atomic E-state index is 0.498. The van der Waals surface area contributed by atoms with E-state index in [0.717, 1.165) is 21.9 Å². The maximum Gasteiger partial charge on any atom is 0.120 e. The van der Waals surface area contributed by atoms with Gasteiger partial charge in [0.15, 0.2) is 0 Å². The van der Waals surface area contributed by atoms with Crippen molar-refractivity contribution in [2.45, 2.75) is 12.5 Å². The van der Waals surface area contributed by atoms with Crippen molar-refractivity contribution in [1.29, 1.82) is 0 Å². The Morgan fingerprint density at radius 2 is 1.71 bits per heavy atom. The van der Waals surface area contributed by atoms with E-state index in [-0.39, 0.29) is 0 Å². The summed E-state index contributed by atoms with van der Waals surface area (Å²) in [7, 11) is 0. The van der Waals surface area contributed by atoms with E-state index in [1.165, 1.54) is 0 Å². The van der Waals surface area contributed by atoms with Gasteiger partial charge in [-0.15, -0.1) is 11.6 Å². The van der Waals surface area contributed by atoms with E-state index in [1.54, 1.807) is 0 Å². The van der Waals surface area contributed by atoms with Crippen LogP contribution in [0.15, 0.2) is 48.5 Å². The van der Waals surface area contributed by atoms with Gasteiger partial charge in [-0.05, 0) is 35.4 Å². The lowest BCUT2D eigenvalue weighted by Crippen LogP contribution is -1.95. The Hall–Kier alpha value is -1.18. The molecule has 17 heavy (non-hydrogen) atoms. The second-order valence-electron chi connectivity index (χ2n) is 3.70. The fourth-order valence-electron chi connectivity index (χ4n) is 1.47. The Morgan fingerprint density at radius 1 is 0.941 bits per heavy atom. The fraction of sp³-hybridized carbons (Fsp3) is 0.143. The summed E-state index contributed by atoms with van der Waals surface area (Å²) in [6, 6.07) is 15.4. The lowest BCUT2D eigenvalue weighted by molar-refractivity contribution is 0.306. The topological polar surface area (TPSA) is 9.23 Å². The lowest BCUT2D eigenvalue weighted by Gasteiger charge is -2.07. The van der Waals surface area contributed by atoms with Crippen LogP contribution in [0.3, 0.4) is 0 Å². The summed E-state index contributed by atoms with van der Waals surface area (Å²) in [6.45, 7) is 0.531.